The second kappa shape index (κ2) is 5.99. The Balaban J connectivity index is 4.00. The minimum Gasteiger partial charge on any atom is -0.481 e. The van der Waals surface area contributed by atoms with Gasteiger partial charge in [-0.25, -0.2) is 0 Å². The maximum Gasteiger partial charge on any atom is 0.303 e. The van der Waals surface area contributed by atoms with Crippen molar-refractivity contribution in [2.75, 3.05) is 7.05 Å². The summed E-state index contributed by atoms with van der Waals surface area (Å²) in [7, 11) is 1.42. The molecule has 0 aromatic heterocycles. The number of hydrogen-bond acceptors (Lipinski definition) is 3. The van der Waals surface area contributed by atoms with Crippen LogP contribution in [0.15, 0.2) is 0 Å². The summed E-state index contributed by atoms with van der Waals surface area (Å²) >= 11 is 0. The summed E-state index contributed by atoms with van der Waals surface area (Å²) in [6.45, 7) is 0. The van der Waals surface area contributed by atoms with Gasteiger partial charge in [0.05, 0.1) is 0 Å². The Morgan fingerprint density at radius 2 is 2.15 bits per heavy atom. The molecule has 0 aliphatic carbocycles. The highest BCUT2D eigenvalue weighted by atomic mass is 16.4. The number of carbonyl (C=O) groups excluding carboxylic acids is 2. The predicted octanol–water partition coefficient (Wildman–Crippen LogP) is -1.29. The third kappa shape index (κ3) is 4.78. The first kappa shape index (κ1) is 11.4. The molecule has 0 saturated heterocycles. The fourth-order valence-electron chi connectivity index (χ4n) is 0.814. The second-order valence-electron chi connectivity index (χ2n) is 2.38. The number of nitrogens with one attached hydrogen (secondary N) is 2. The summed E-state index contributed by atoms with van der Waals surface area (Å²) in [4.78, 5) is 31.2. The number of carboxylic acids is 1. The van der Waals surface area contributed by atoms with Crippen molar-refractivity contribution in [2.45, 2.75) is 18.9 Å². The van der Waals surface area contributed by atoms with Gasteiger partial charge in [-0.2, -0.15) is 0 Å². The number of amides is 2. The van der Waals surface area contributed by atoms with Gasteiger partial charge in [-0.05, 0) is 6.42 Å². The molecule has 74 valence electrons. The normalized spacial score (nSPS) is 11.5. The Labute approximate surface area is 75.3 Å². The molecule has 0 bridgehead atoms. The first-order valence-corrected chi connectivity index (χ1v) is 3.75. The minimum atomic E-state index is -0.999. The summed E-state index contributed by atoms with van der Waals surface area (Å²) < 4.78 is 0. The quantitative estimate of drug-likeness (QED) is 0.452. The molecule has 0 rings (SSSR count). The molecule has 0 aromatic carbocycles. The molecule has 0 aromatic rings. The molecule has 3 N–H and O–H groups in total. The molecule has 0 aliphatic rings. The highest BCUT2D eigenvalue weighted by Gasteiger charge is 2.16. The molecule has 6 nitrogen and oxygen atoms in total. The number of hydrogen-bond donors (Lipinski definition) is 3. The van der Waals surface area contributed by atoms with E-state index >= 15 is 0 Å². The third-order valence-electron chi connectivity index (χ3n) is 1.48. The highest BCUT2D eigenvalue weighted by Crippen LogP contribution is 1.96. The predicted molar refractivity (Wildman–Crippen MR) is 43.9 cm³/mol. The van der Waals surface area contributed by atoms with Crippen LogP contribution < -0.4 is 10.6 Å². The topological polar surface area (TPSA) is 95.5 Å². The molecule has 0 heterocycles. The average Bonchev–Trinajstić information content (AvgIpc) is 2.10. The monoisotopic (exact) mass is 188 g/mol. The number of likely N-dealkylation sites (N-methyl/N-ethyl adjacent to an activating group) is 1. The van der Waals surface area contributed by atoms with Gasteiger partial charge in [-0.3, -0.25) is 14.4 Å². The van der Waals surface area contributed by atoms with Crippen molar-refractivity contribution >= 4 is 18.3 Å². The molecule has 0 aliphatic heterocycles. The van der Waals surface area contributed by atoms with Crippen molar-refractivity contribution < 1.29 is 19.5 Å². The van der Waals surface area contributed by atoms with E-state index in [2.05, 4.69) is 10.6 Å². The van der Waals surface area contributed by atoms with E-state index in [0.29, 0.717) is 6.41 Å². The van der Waals surface area contributed by atoms with E-state index in [1.807, 2.05) is 0 Å². The molecule has 0 radical (unpaired) electrons. The van der Waals surface area contributed by atoms with E-state index in [0.717, 1.165) is 0 Å². The van der Waals surface area contributed by atoms with Gasteiger partial charge < -0.3 is 15.7 Å². The zero-order valence-electron chi connectivity index (χ0n) is 7.24. The van der Waals surface area contributed by atoms with Gasteiger partial charge in [-0.1, -0.05) is 0 Å². The number of rotatable bonds is 6. The van der Waals surface area contributed by atoms with Crippen LogP contribution in [-0.4, -0.2) is 36.5 Å². The van der Waals surface area contributed by atoms with Gasteiger partial charge in [-0.15, -0.1) is 0 Å². The molecule has 0 fully saturated rings. The average molecular weight is 188 g/mol. The maximum absolute atomic E-state index is 11.0. The van der Waals surface area contributed by atoms with Crippen LogP contribution in [0.25, 0.3) is 0 Å². The lowest BCUT2D eigenvalue weighted by molar-refractivity contribution is -0.137. The summed E-state index contributed by atoms with van der Waals surface area (Å²) in [6, 6.07) is -0.765. The second-order valence-corrected chi connectivity index (χ2v) is 2.38. The lowest BCUT2D eigenvalue weighted by atomic mass is 10.1. The summed E-state index contributed by atoms with van der Waals surface area (Å²) in [5, 5.41) is 12.9. The SMILES string of the molecule is CNC(=O)[C@@H](CCC(=O)O)NC=O. The van der Waals surface area contributed by atoms with E-state index in [1.165, 1.54) is 7.05 Å². The third-order valence-corrected chi connectivity index (χ3v) is 1.48. The van der Waals surface area contributed by atoms with Crippen LogP contribution in [0.3, 0.4) is 0 Å². The molecular formula is C7H12N2O4. The van der Waals surface area contributed by atoms with Crippen LogP contribution in [0, 0.1) is 0 Å². The van der Waals surface area contributed by atoms with Crippen LogP contribution in [0.2, 0.25) is 0 Å². The number of carboxylic acid groups (broad SMARTS) is 1. The first-order valence-electron chi connectivity index (χ1n) is 3.75. The standard InChI is InChI=1S/C7H12N2O4/c1-8-7(13)5(9-4-10)2-3-6(11)12/h4-5H,2-3H2,1H3,(H,8,13)(H,9,10)(H,11,12)/t5-/m1/s1. The van der Waals surface area contributed by atoms with E-state index in [9.17, 15) is 14.4 Å². The van der Waals surface area contributed by atoms with E-state index < -0.39 is 17.9 Å². The molecule has 1 atom stereocenters. The summed E-state index contributed by atoms with van der Waals surface area (Å²) in [5.74, 6) is -1.39. The molecule has 0 spiro atoms. The Bertz CT molecular complexity index is 205. The Morgan fingerprint density at radius 1 is 1.54 bits per heavy atom. The fourth-order valence-corrected chi connectivity index (χ4v) is 0.814. The van der Waals surface area contributed by atoms with Gasteiger partial charge in [0.2, 0.25) is 12.3 Å². The van der Waals surface area contributed by atoms with Crippen LogP contribution in [0.1, 0.15) is 12.8 Å². The fraction of sp³-hybridized carbons (Fsp3) is 0.571. The largest absolute Gasteiger partial charge is 0.481 e. The van der Waals surface area contributed by atoms with Gasteiger partial charge in [0.15, 0.2) is 0 Å². The van der Waals surface area contributed by atoms with Crippen LogP contribution >= 0.6 is 0 Å². The van der Waals surface area contributed by atoms with E-state index in [-0.39, 0.29) is 12.8 Å². The van der Waals surface area contributed by atoms with Gasteiger partial charge >= 0.3 is 5.97 Å². The van der Waals surface area contributed by atoms with Crippen molar-refractivity contribution in [3.05, 3.63) is 0 Å². The minimum absolute atomic E-state index is 0.0910. The number of aliphatic carboxylic acids is 1. The van der Waals surface area contributed by atoms with Gasteiger partial charge in [0.25, 0.3) is 0 Å². The van der Waals surface area contributed by atoms with Crippen molar-refractivity contribution in [3.63, 3.8) is 0 Å². The molecular weight excluding hydrogens is 176 g/mol. The van der Waals surface area contributed by atoms with E-state index in [1.54, 1.807) is 0 Å². The number of carbonyl (C=O) groups is 3. The first-order chi connectivity index (χ1) is 6.11. The zero-order valence-corrected chi connectivity index (χ0v) is 7.24. The lowest BCUT2D eigenvalue weighted by Gasteiger charge is -2.12. The summed E-state index contributed by atoms with van der Waals surface area (Å²) in [6.07, 6.45) is 0.314. The Morgan fingerprint density at radius 3 is 2.54 bits per heavy atom. The van der Waals surface area contributed by atoms with Gasteiger partial charge in [0, 0.05) is 13.5 Å². The highest BCUT2D eigenvalue weighted by molar-refractivity contribution is 5.83. The van der Waals surface area contributed by atoms with E-state index in [4.69, 9.17) is 5.11 Å². The van der Waals surface area contributed by atoms with Gasteiger partial charge in [0.1, 0.15) is 6.04 Å². The van der Waals surface area contributed by atoms with Crippen LogP contribution in [0.5, 0.6) is 0 Å². The van der Waals surface area contributed by atoms with Crippen molar-refractivity contribution in [2.24, 2.45) is 0 Å². The van der Waals surface area contributed by atoms with Crippen LogP contribution in [-0.2, 0) is 14.4 Å². The smallest absolute Gasteiger partial charge is 0.303 e. The molecule has 0 saturated carbocycles. The summed E-state index contributed by atoms with van der Waals surface area (Å²) in [5.41, 5.74) is 0. The molecule has 13 heavy (non-hydrogen) atoms. The molecule has 0 unspecified atom stereocenters. The maximum atomic E-state index is 11.0. The Hall–Kier alpha value is -1.59. The van der Waals surface area contributed by atoms with Crippen LogP contribution in [0.4, 0.5) is 0 Å². The Kier molecular flexibility index (Phi) is 5.25. The lowest BCUT2D eigenvalue weighted by Crippen LogP contribution is -2.42. The van der Waals surface area contributed by atoms with Crippen molar-refractivity contribution in [1.29, 1.82) is 0 Å². The van der Waals surface area contributed by atoms with Crippen molar-refractivity contribution in [1.82, 2.24) is 10.6 Å². The zero-order chi connectivity index (χ0) is 10.3. The molecule has 2 amide bonds. The molecule has 6 heteroatoms. The van der Waals surface area contributed by atoms with Crippen molar-refractivity contribution in [3.8, 4) is 0 Å².